The van der Waals surface area contributed by atoms with Crippen LogP contribution in [-0.2, 0) is 11.3 Å². The highest BCUT2D eigenvalue weighted by Crippen LogP contribution is 2.32. The number of benzene rings is 2. The molecule has 0 amide bonds. The summed E-state index contributed by atoms with van der Waals surface area (Å²) in [6.07, 6.45) is -5.08. The van der Waals surface area contributed by atoms with Gasteiger partial charge in [0.1, 0.15) is 5.82 Å². The minimum atomic E-state index is -5.08. The van der Waals surface area contributed by atoms with E-state index in [1.165, 1.54) is 41.2 Å². The van der Waals surface area contributed by atoms with Crippen LogP contribution in [0.5, 0.6) is 0 Å². The van der Waals surface area contributed by atoms with Crippen LogP contribution < -0.4 is 0 Å². The van der Waals surface area contributed by atoms with E-state index >= 15 is 0 Å². The van der Waals surface area contributed by atoms with E-state index in [4.69, 9.17) is 14.9 Å². The van der Waals surface area contributed by atoms with E-state index in [1.54, 1.807) is 11.3 Å². The zero-order chi connectivity index (χ0) is 28.0. The maximum Gasteiger partial charge on any atom is 0.490 e. The minimum Gasteiger partial charge on any atom is -0.475 e. The molecule has 0 unspecified atom stereocenters. The van der Waals surface area contributed by atoms with Crippen LogP contribution in [0.4, 0.5) is 13.2 Å². The first-order valence-electron chi connectivity index (χ1n) is 12.6. The Morgan fingerprint density at radius 2 is 1.72 bits per heavy atom. The average molecular weight is 560 g/mol. The number of fused-ring (bicyclic) bond motifs is 1. The third-order valence-corrected chi connectivity index (χ3v) is 7.40. The van der Waals surface area contributed by atoms with Crippen molar-refractivity contribution in [3.8, 4) is 21.8 Å². The monoisotopic (exact) mass is 559 g/mol. The maximum absolute atomic E-state index is 10.6. The van der Waals surface area contributed by atoms with Crippen LogP contribution in [0, 0.1) is 0 Å². The number of hydrogen-bond donors (Lipinski definition) is 2. The molecule has 0 aliphatic carbocycles. The van der Waals surface area contributed by atoms with Gasteiger partial charge in [0.25, 0.3) is 0 Å². The first kappa shape index (κ1) is 28.8. The Morgan fingerprint density at radius 1 is 1.03 bits per heavy atom. The summed E-state index contributed by atoms with van der Waals surface area (Å²) >= 11 is 1.75. The van der Waals surface area contributed by atoms with E-state index in [0.717, 1.165) is 43.0 Å². The summed E-state index contributed by atoms with van der Waals surface area (Å²) in [5, 5.41) is 9.37. The van der Waals surface area contributed by atoms with E-state index < -0.39 is 12.1 Å². The van der Waals surface area contributed by atoms with Gasteiger partial charge in [0.2, 0.25) is 0 Å². The first-order chi connectivity index (χ1) is 18.6. The van der Waals surface area contributed by atoms with Gasteiger partial charge < -0.3 is 15.0 Å². The molecule has 1 aliphatic heterocycles. The Bertz CT molecular complexity index is 1340. The van der Waals surface area contributed by atoms with Crippen LogP contribution >= 0.6 is 11.3 Å². The van der Waals surface area contributed by atoms with Crippen molar-refractivity contribution in [1.82, 2.24) is 24.7 Å². The number of thiophene rings is 1. The summed E-state index contributed by atoms with van der Waals surface area (Å²) < 4.78 is 31.7. The third-order valence-electron chi connectivity index (χ3n) is 6.46. The number of aromatic nitrogens is 2. The number of nitrogens with zero attached hydrogens (tertiary/aromatic N) is 4. The Labute approximate surface area is 229 Å². The molecule has 1 aliphatic rings. The second-order valence-corrected chi connectivity index (χ2v) is 10.6. The van der Waals surface area contributed by atoms with Crippen LogP contribution in [0.3, 0.4) is 0 Å². The summed E-state index contributed by atoms with van der Waals surface area (Å²) in [5.74, 6) is -1.81. The van der Waals surface area contributed by atoms with E-state index in [9.17, 15) is 13.2 Å². The fourth-order valence-electron chi connectivity index (χ4n) is 4.30. The largest absolute Gasteiger partial charge is 0.490 e. The molecule has 0 spiro atoms. The molecule has 2 aromatic heterocycles. The molecule has 0 saturated carbocycles. The summed E-state index contributed by atoms with van der Waals surface area (Å²) in [5.41, 5.74) is 6.04. The number of halogens is 3. The molecule has 0 radical (unpaired) electrons. The summed E-state index contributed by atoms with van der Waals surface area (Å²) in [7, 11) is 4.30. The molecule has 4 aromatic rings. The van der Waals surface area contributed by atoms with Gasteiger partial charge in [-0.25, -0.2) is 9.78 Å². The lowest BCUT2D eigenvalue weighted by Crippen LogP contribution is -2.47. The number of hydrogen-bond acceptors (Lipinski definition) is 6. The molecule has 5 rings (SSSR count). The van der Waals surface area contributed by atoms with Crippen LogP contribution in [0.15, 0.2) is 60.0 Å². The van der Waals surface area contributed by atoms with Crippen LogP contribution in [0.25, 0.3) is 32.9 Å². The van der Waals surface area contributed by atoms with Gasteiger partial charge in [-0.1, -0.05) is 30.3 Å². The molecule has 11 heteroatoms. The molecular weight excluding hydrogens is 527 g/mol. The van der Waals surface area contributed by atoms with E-state index in [1.807, 2.05) is 12.1 Å². The lowest BCUT2D eigenvalue weighted by Gasteiger charge is -2.35. The predicted molar refractivity (Wildman–Crippen MR) is 149 cm³/mol. The number of nitrogens with one attached hydrogen (secondary N) is 1. The zero-order valence-corrected chi connectivity index (χ0v) is 22.7. The van der Waals surface area contributed by atoms with E-state index in [-0.39, 0.29) is 0 Å². The van der Waals surface area contributed by atoms with Gasteiger partial charge in [-0.15, -0.1) is 11.3 Å². The van der Waals surface area contributed by atoms with Crippen LogP contribution in [0.2, 0.25) is 0 Å². The molecule has 1 fully saturated rings. The number of H-pyrrole nitrogens is 1. The minimum absolute atomic E-state index is 0.950. The zero-order valence-electron chi connectivity index (χ0n) is 21.9. The fraction of sp³-hybridized carbons (Fsp3) is 0.357. The number of piperazine rings is 1. The van der Waals surface area contributed by atoms with Gasteiger partial charge in [-0.05, 0) is 60.4 Å². The molecule has 3 heterocycles. The topological polar surface area (TPSA) is 75.7 Å². The lowest BCUT2D eigenvalue weighted by molar-refractivity contribution is -0.192. The summed E-state index contributed by atoms with van der Waals surface area (Å²) in [6.45, 7) is 7.95. The average Bonchev–Trinajstić information content (AvgIpc) is 3.56. The number of carbonyl (C=O) groups is 1. The van der Waals surface area contributed by atoms with Gasteiger partial charge in [0.05, 0.1) is 15.9 Å². The van der Waals surface area contributed by atoms with Gasteiger partial charge in [-0.2, -0.15) is 13.2 Å². The number of imidazole rings is 1. The van der Waals surface area contributed by atoms with E-state index in [2.05, 4.69) is 81.6 Å². The molecule has 0 atom stereocenters. The van der Waals surface area contributed by atoms with Crippen LogP contribution in [-0.4, -0.2) is 95.3 Å². The number of alkyl halides is 3. The maximum atomic E-state index is 10.6. The summed E-state index contributed by atoms with van der Waals surface area (Å²) in [6, 6.07) is 19.5. The summed E-state index contributed by atoms with van der Waals surface area (Å²) in [4.78, 5) is 25.7. The Kier molecular flexibility index (Phi) is 9.39. The first-order valence-corrected chi connectivity index (χ1v) is 13.5. The van der Waals surface area contributed by atoms with Crippen molar-refractivity contribution in [3.05, 3.63) is 65.5 Å². The van der Waals surface area contributed by atoms with Gasteiger partial charge in [-0.3, -0.25) is 9.80 Å². The van der Waals surface area contributed by atoms with Gasteiger partial charge in [0.15, 0.2) is 0 Å². The SMILES string of the molecule is CN(C)CCN1CCN(Cc2cccc(-c3csc(-c4nc5ccccc5[nH]4)c3)c2)CC1.O=C(O)C(F)(F)F. The quantitative estimate of drug-likeness (QED) is 0.321. The highest BCUT2D eigenvalue weighted by atomic mass is 32.1. The molecule has 1 saturated heterocycles. The van der Waals surface area contributed by atoms with Crippen molar-refractivity contribution in [2.24, 2.45) is 0 Å². The molecule has 208 valence electrons. The van der Waals surface area contributed by atoms with Gasteiger partial charge >= 0.3 is 12.1 Å². The van der Waals surface area contributed by atoms with Crippen molar-refractivity contribution in [2.45, 2.75) is 12.7 Å². The normalized spacial score (nSPS) is 14.9. The number of rotatable bonds is 7. The third kappa shape index (κ3) is 8.12. The molecule has 0 bridgehead atoms. The fourth-order valence-corrected chi connectivity index (χ4v) is 5.16. The van der Waals surface area contributed by atoms with Crippen molar-refractivity contribution >= 4 is 28.3 Å². The Hall–Kier alpha value is -3.25. The van der Waals surface area contributed by atoms with Crippen molar-refractivity contribution in [3.63, 3.8) is 0 Å². The molecule has 2 aromatic carbocycles. The van der Waals surface area contributed by atoms with Crippen molar-refractivity contribution in [1.29, 1.82) is 0 Å². The highest BCUT2D eigenvalue weighted by molar-refractivity contribution is 7.13. The number of aromatic amines is 1. The lowest BCUT2D eigenvalue weighted by atomic mass is 10.0. The van der Waals surface area contributed by atoms with Crippen molar-refractivity contribution < 1.29 is 23.1 Å². The second-order valence-electron chi connectivity index (χ2n) is 9.73. The molecular formula is C28H32F3N5O2S. The standard InChI is InChI=1S/C26H31N5S.C2HF3O2/c1-29(2)10-11-30-12-14-31(15-13-30)18-20-6-5-7-21(16-20)22-17-25(32-19-22)26-27-23-8-3-4-9-24(23)28-26;3-2(4,5)1(6)7/h3-9,16-17,19H,10-15,18H2,1-2H3,(H,27,28);(H,6,7). The number of aliphatic carboxylic acids is 1. The molecule has 39 heavy (non-hydrogen) atoms. The van der Waals surface area contributed by atoms with E-state index in [0.29, 0.717) is 0 Å². The number of likely N-dealkylation sites (N-methyl/N-ethyl adjacent to an activating group) is 1. The number of carboxylic acid groups (broad SMARTS) is 1. The second kappa shape index (κ2) is 12.7. The van der Waals surface area contributed by atoms with Gasteiger partial charge in [0, 0.05) is 45.8 Å². The Balaban J connectivity index is 0.000000448. The smallest absolute Gasteiger partial charge is 0.475 e. The highest BCUT2D eigenvalue weighted by Gasteiger charge is 2.38. The molecule has 7 nitrogen and oxygen atoms in total. The van der Waals surface area contributed by atoms with Crippen LogP contribution in [0.1, 0.15) is 5.56 Å². The number of para-hydroxylation sites is 2. The van der Waals surface area contributed by atoms with Crippen molar-refractivity contribution in [2.75, 3.05) is 53.4 Å². The Morgan fingerprint density at radius 3 is 2.38 bits per heavy atom. The number of carboxylic acids is 1. The predicted octanol–water partition coefficient (Wildman–Crippen LogP) is 5.27. The molecule has 2 N–H and O–H groups in total.